The molecule has 1 aliphatic heterocycles. The molecule has 1 aliphatic rings. The van der Waals surface area contributed by atoms with Crippen molar-refractivity contribution in [2.24, 2.45) is 5.92 Å². The first-order valence-corrected chi connectivity index (χ1v) is 9.87. The summed E-state index contributed by atoms with van der Waals surface area (Å²) in [6.45, 7) is 0. The number of amides is 2. The number of thiazole rings is 1. The number of carbonyl (C=O) groups is 2. The van der Waals surface area contributed by atoms with E-state index in [-0.39, 0.29) is 18.2 Å². The van der Waals surface area contributed by atoms with Crippen LogP contribution in [0.2, 0.25) is 0 Å². The van der Waals surface area contributed by atoms with Gasteiger partial charge < -0.3 is 10.6 Å². The number of nitriles is 1. The Labute approximate surface area is 162 Å². The Morgan fingerprint density at radius 3 is 3.04 bits per heavy atom. The van der Waals surface area contributed by atoms with Crippen LogP contribution in [0.4, 0.5) is 10.7 Å². The standard InChI is InChI=1S/C18H13N5O2S2/c19-8-11-9-27-18(15(11)17-21-4-5-26-17)23-14(24)7-10-6-13-12(22-16(10)25)2-1-3-20-13/h1-5,9-10H,6-7H2,(H,22,25)(H,23,24). The van der Waals surface area contributed by atoms with Crippen molar-refractivity contribution in [3.63, 3.8) is 0 Å². The van der Waals surface area contributed by atoms with Crippen molar-refractivity contribution in [3.8, 4) is 16.6 Å². The van der Waals surface area contributed by atoms with E-state index in [1.54, 1.807) is 29.9 Å². The summed E-state index contributed by atoms with van der Waals surface area (Å²) in [6, 6.07) is 5.69. The zero-order valence-electron chi connectivity index (χ0n) is 13.9. The van der Waals surface area contributed by atoms with Crippen LogP contribution in [-0.4, -0.2) is 21.8 Å². The third kappa shape index (κ3) is 3.45. The molecule has 134 valence electrons. The summed E-state index contributed by atoms with van der Waals surface area (Å²) in [6.07, 6.45) is 3.78. The largest absolute Gasteiger partial charge is 0.324 e. The average Bonchev–Trinajstić information content (AvgIpc) is 3.31. The average molecular weight is 395 g/mol. The Morgan fingerprint density at radius 1 is 1.37 bits per heavy atom. The number of nitrogens with one attached hydrogen (secondary N) is 2. The highest BCUT2D eigenvalue weighted by Gasteiger charge is 2.29. The molecule has 0 spiro atoms. The number of carbonyl (C=O) groups excluding carboxylic acids is 2. The van der Waals surface area contributed by atoms with Gasteiger partial charge in [-0.2, -0.15) is 5.26 Å². The van der Waals surface area contributed by atoms with Gasteiger partial charge in [-0.25, -0.2) is 4.98 Å². The van der Waals surface area contributed by atoms with E-state index >= 15 is 0 Å². The van der Waals surface area contributed by atoms with Gasteiger partial charge in [0.1, 0.15) is 16.1 Å². The molecule has 4 rings (SSSR count). The van der Waals surface area contributed by atoms with Crippen molar-refractivity contribution in [2.45, 2.75) is 12.8 Å². The number of hydrogen-bond acceptors (Lipinski definition) is 7. The number of nitrogens with zero attached hydrogens (tertiary/aromatic N) is 3. The van der Waals surface area contributed by atoms with Crippen LogP contribution >= 0.6 is 22.7 Å². The van der Waals surface area contributed by atoms with Gasteiger partial charge in [-0.1, -0.05) is 0 Å². The van der Waals surface area contributed by atoms with Gasteiger partial charge in [0, 0.05) is 36.0 Å². The molecule has 27 heavy (non-hydrogen) atoms. The Kier molecular flexibility index (Phi) is 4.66. The normalized spacial score (nSPS) is 15.5. The number of thiophene rings is 1. The van der Waals surface area contributed by atoms with Gasteiger partial charge in [0.05, 0.1) is 28.4 Å². The molecular weight excluding hydrogens is 382 g/mol. The summed E-state index contributed by atoms with van der Waals surface area (Å²) >= 11 is 2.68. The zero-order valence-corrected chi connectivity index (χ0v) is 15.6. The number of fused-ring (bicyclic) bond motifs is 1. The van der Waals surface area contributed by atoms with E-state index in [1.807, 2.05) is 5.38 Å². The van der Waals surface area contributed by atoms with Crippen molar-refractivity contribution in [3.05, 3.63) is 46.5 Å². The fourth-order valence-electron chi connectivity index (χ4n) is 2.93. The first-order valence-electron chi connectivity index (χ1n) is 8.11. The summed E-state index contributed by atoms with van der Waals surface area (Å²) in [5.74, 6) is -0.945. The smallest absolute Gasteiger partial charge is 0.228 e. The minimum atomic E-state index is -0.480. The molecule has 0 saturated heterocycles. The van der Waals surface area contributed by atoms with Crippen LogP contribution in [0.1, 0.15) is 17.7 Å². The van der Waals surface area contributed by atoms with E-state index in [4.69, 9.17) is 0 Å². The lowest BCUT2D eigenvalue weighted by molar-refractivity contribution is -0.125. The molecule has 4 heterocycles. The lowest BCUT2D eigenvalue weighted by atomic mass is 9.93. The van der Waals surface area contributed by atoms with Crippen LogP contribution in [0, 0.1) is 17.2 Å². The summed E-state index contributed by atoms with van der Waals surface area (Å²) in [5, 5.41) is 19.7. The molecule has 1 atom stereocenters. The van der Waals surface area contributed by atoms with Crippen LogP contribution in [0.3, 0.4) is 0 Å². The van der Waals surface area contributed by atoms with Crippen molar-refractivity contribution in [1.29, 1.82) is 5.26 Å². The van der Waals surface area contributed by atoms with Crippen LogP contribution in [-0.2, 0) is 16.0 Å². The Hall–Kier alpha value is -3.09. The van der Waals surface area contributed by atoms with E-state index in [0.717, 1.165) is 5.69 Å². The van der Waals surface area contributed by atoms with E-state index in [9.17, 15) is 14.9 Å². The molecule has 0 radical (unpaired) electrons. The maximum atomic E-state index is 12.6. The highest BCUT2D eigenvalue weighted by molar-refractivity contribution is 7.17. The highest BCUT2D eigenvalue weighted by atomic mass is 32.1. The summed E-state index contributed by atoms with van der Waals surface area (Å²) in [4.78, 5) is 33.3. The second-order valence-corrected chi connectivity index (χ2v) is 7.72. The highest BCUT2D eigenvalue weighted by Crippen LogP contribution is 2.38. The van der Waals surface area contributed by atoms with Crippen molar-refractivity contribution >= 4 is 45.2 Å². The molecule has 9 heteroatoms. The maximum absolute atomic E-state index is 12.6. The molecule has 0 saturated carbocycles. The molecule has 2 N–H and O–H groups in total. The van der Waals surface area contributed by atoms with Gasteiger partial charge in [0.2, 0.25) is 11.8 Å². The van der Waals surface area contributed by atoms with Gasteiger partial charge >= 0.3 is 0 Å². The predicted molar refractivity (Wildman–Crippen MR) is 103 cm³/mol. The molecule has 1 unspecified atom stereocenters. The second-order valence-electron chi connectivity index (χ2n) is 5.94. The molecular formula is C18H13N5O2S2. The second kappa shape index (κ2) is 7.26. The van der Waals surface area contributed by atoms with Crippen LogP contribution in [0.15, 0.2) is 35.3 Å². The number of aromatic nitrogens is 2. The quantitative estimate of drug-likeness (QED) is 0.705. The predicted octanol–water partition coefficient (Wildman–Crippen LogP) is 3.28. The molecule has 0 bridgehead atoms. The summed E-state index contributed by atoms with van der Waals surface area (Å²) in [7, 11) is 0. The van der Waals surface area contributed by atoms with Gasteiger partial charge in [0.15, 0.2) is 0 Å². The number of anilines is 2. The third-order valence-electron chi connectivity index (χ3n) is 4.20. The van der Waals surface area contributed by atoms with Gasteiger partial charge in [-0.3, -0.25) is 14.6 Å². The fourth-order valence-corrected chi connectivity index (χ4v) is 4.60. The van der Waals surface area contributed by atoms with Crippen molar-refractivity contribution in [2.75, 3.05) is 10.6 Å². The van der Waals surface area contributed by atoms with E-state index in [0.29, 0.717) is 33.2 Å². The van der Waals surface area contributed by atoms with Gasteiger partial charge in [-0.05, 0) is 12.1 Å². The fraction of sp³-hybridized carbons (Fsp3) is 0.167. The lowest BCUT2D eigenvalue weighted by Crippen LogP contribution is -2.33. The molecule has 2 amide bonds. The summed E-state index contributed by atoms with van der Waals surface area (Å²) < 4.78 is 0. The summed E-state index contributed by atoms with van der Waals surface area (Å²) in [5.41, 5.74) is 2.58. The van der Waals surface area contributed by atoms with Crippen LogP contribution < -0.4 is 10.6 Å². The maximum Gasteiger partial charge on any atom is 0.228 e. The molecule has 7 nitrogen and oxygen atoms in total. The number of rotatable bonds is 4. The van der Waals surface area contributed by atoms with E-state index in [2.05, 4.69) is 26.7 Å². The topological polar surface area (TPSA) is 108 Å². The van der Waals surface area contributed by atoms with Gasteiger partial charge in [0.25, 0.3) is 0 Å². The van der Waals surface area contributed by atoms with Gasteiger partial charge in [-0.15, -0.1) is 22.7 Å². The Bertz CT molecular complexity index is 1050. The molecule has 0 aromatic carbocycles. The number of pyridine rings is 1. The van der Waals surface area contributed by atoms with Crippen LogP contribution in [0.25, 0.3) is 10.6 Å². The molecule has 3 aromatic rings. The monoisotopic (exact) mass is 395 g/mol. The zero-order chi connectivity index (χ0) is 18.8. The van der Waals surface area contributed by atoms with E-state index < -0.39 is 5.92 Å². The Morgan fingerprint density at radius 2 is 2.26 bits per heavy atom. The lowest BCUT2D eigenvalue weighted by Gasteiger charge is -2.23. The first-order chi connectivity index (χ1) is 13.2. The minimum absolute atomic E-state index is 0.0406. The van der Waals surface area contributed by atoms with Crippen molar-refractivity contribution < 1.29 is 9.59 Å². The minimum Gasteiger partial charge on any atom is -0.324 e. The Balaban J connectivity index is 1.51. The van der Waals surface area contributed by atoms with Crippen molar-refractivity contribution in [1.82, 2.24) is 9.97 Å². The molecule has 3 aromatic heterocycles. The van der Waals surface area contributed by atoms with E-state index in [1.165, 1.54) is 22.7 Å². The molecule has 0 fully saturated rings. The SMILES string of the molecule is N#Cc1csc(NC(=O)CC2Cc3ncccc3NC2=O)c1-c1nccs1. The molecule has 0 aliphatic carbocycles. The first kappa shape index (κ1) is 17.3. The van der Waals surface area contributed by atoms with Crippen LogP contribution in [0.5, 0.6) is 0 Å². The number of hydrogen-bond donors (Lipinski definition) is 2. The third-order valence-corrected chi connectivity index (χ3v) is 5.89.